The zero-order chi connectivity index (χ0) is 18.9. The molecule has 2 heterocycles. The topological polar surface area (TPSA) is 60.9 Å². The number of nitrogens with zero attached hydrogens (tertiary/aromatic N) is 3. The van der Waals surface area contributed by atoms with E-state index in [2.05, 4.69) is 11.8 Å². The summed E-state index contributed by atoms with van der Waals surface area (Å²) in [7, 11) is -3.15. The summed E-state index contributed by atoms with van der Waals surface area (Å²) in [6.07, 6.45) is 3.07. The Hall–Kier alpha value is -1.44. The molecule has 0 aromatic heterocycles. The minimum atomic E-state index is -3.15. The first kappa shape index (κ1) is 19.3. The zero-order valence-electron chi connectivity index (χ0n) is 15.9. The molecule has 2 aliphatic heterocycles. The molecular formula is C19H29N3O3S. The van der Waals surface area contributed by atoms with Crippen LogP contribution in [-0.4, -0.2) is 79.5 Å². The Morgan fingerprint density at radius 3 is 2.31 bits per heavy atom. The van der Waals surface area contributed by atoms with Crippen LogP contribution in [0.25, 0.3) is 0 Å². The monoisotopic (exact) mass is 379 g/mol. The molecule has 0 spiro atoms. The quantitative estimate of drug-likeness (QED) is 0.797. The van der Waals surface area contributed by atoms with E-state index in [1.54, 1.807) is 4.31 Å². The van der Waals surface area contributed by atoms with Gasteiger partial charge in [0.25, 0.3) is 5.91 Å². The van der Waals surface area contributed by atoms with Gasteiger partial charge in [0.2, 0.25) is 10.0 Å². The molecule has 2 aliphatic rings. The standard InChI is InChI=1S/C19H29N3O3S/c1-4-19(9-10-22(15-19)26(3,24)25)21-13-11-20(12-14-21)18(23)17-8-6-5-7-16(17)2/h5-8H,4,9-15H2,1-3H3/t19-/m1/s1. The first-order valence-electron chi connectivity index (χ1n) is 9.32. The van der Waals surface area contributed by atoms with Crippen LogP contribution in [0, 0.1) is 6.92 Å². The van der Waals surface area contributed by atoms with Crippen LogP contribution in [0.15, 0.2) is 24.3 Å². The number of amides is 1. The van der Waals surface area contributed by atoms with Crippen LogP contribution in [-0.2, 0) is 10.0 Å². The molecule has 0 unspecified atom stereocenters. The fourth-order valence-electron chi connectivity index (χ4n) is 4.24. The average molecular weight is 380 g/mol. The van der Waals surface area contributed by atoms with Gasteiger partial charge < -0.3 is 4.90 Å². The highest BCUT2D eigenvalue weighted by atomic mass is 32.2. The molecule has 0 saturated carbocycles. The SMILES string of the molecule is CC[C@@]1(N2CCN(C(=O)c3ccccc3C)CC2)CCN(S(C)(=O)=O)C1. The number of aryl methyl sites for hydroxylation is 1. The lowest BCUT2D eigenvalue weighted by Crippen LogP contribution is -2.59. The molecule has 3 rings (SSSR count). The highest BCUT2D eigenvalue weighted by Crippen LogP contribution is 2.33. The van der Waals surface area contributed by atoms with Gasteiger partial charge in [-0.25, -0.2) is 12.7 Å². The molecule has 2 fully saturated rings. The van der Waals surface area contributed by atoms with Crippen LogP contribution >= 0.6 is 0 Å². The lowest BCUT2D eigenvalue weighted by molar-refractivity contribution is 0.0312. The van der Waals surface area contributed by atoms with Gasteiger partial charge in [-0.15, -0.1) is 0 Å². The Balaban J connectivity index is 1.66. The van der Waals surface area contributed by atoms with Gasteiger partial charge in [0, 0.05) is 50.4 Å². The average Bonchev–Trinajstić information content (AvgIpc) is 3.08. The van der Waals surface area contributed by atoms with Gasteiger partial charge in [0.05, 0.1) is 6.26 Å². The highest BCUT2D eigenvalue weighted by molar-refractivity contribution is 7.88. The van der Waals surface area contributed by atoms with E-state index < -0.39 is 10.0 Å². The molecule has 0 bridgehead atoms. The second-order valence-electron chi connectivity index (χ2n) is 7.52. The number of hydrogen-bond acceptors (Lipinski definition) is 4. The lowest BCUT2D eigenvalue weighted by Gasteiger charge is -2.45. The molecule has 144 valence electrons. The third-order valence-electron chi connectivity index (χ3n) is 6.04. The number of sulfonamides is 1. The molecule has 0 N–H and O–H groups in total. The van der Waals surface area contributed by atoms with Crippen LogP contribution in [0.4, 0.5) is 0 Å². The molecule has 7 heteroatoms. The fourth-order valence-corrected chi connectivity index (χ4v) is 5.14. The van der Waals surface area contributed by atoms with E-state index in [4.69, 9.17) is 0 Å². The van der Waals surface area contributed by atoms with E-state index in [1.165, 1.54) is 6.26 Å². The smallest absolute Gasteiger partial charge is 0.254 e. The van der Waals surface area contributed by atoms with Crippen LogP contribution in [0.5, 0.6) is 0 Å². The molecule has 0 aliphatic carbocycles. The number of carbonyl (C=O) groups is 1. The van der Waals surface area contributed by atoms with Crippen molar-refractivity contribution in [1.29, 1.82) is 0 Å². The van der Waals surface area contributed by atoms with Gasteiger partial charge in [0.1, 0.15) is 0 Å². The van der Waals surface area contributed by atoms with E-state index >= 15 is 0 Å². The molecule has 1 amide bonds. The third kappa shape index (κ3) is 3.66. The van der Waals surface area contributed by atoms with Gasteiger partial charge >= 0.3 is 0 Å². The number of piperazine rings is 1. The van der Waals surface area contributed by atoms with Crippen molar-refractivity contribution in [3.05, 3.63) is 35.4 Å². The van der Waals surface area contributed by atoms with Crippen LogP contribution in [0.1, 0.15) is 35.7 Å². The maximum atomic E-state index is 12.8. The summed E-state index contributed by atoms with van der Waals surface area (Å²) >= 11 is 0. The number of benzene rings is 1. The van der Waals surface area contributed by atoms with Gasteiger partial charge in [-0.1, -0.05) is 25.1 Å². The summed E-state index contributed by atoms with van der Waals surface area (Å²) in [5.74, 6) is 0.0949. The minimum absolute atomic E-state index is 0.0949. The maximum Gasteiger partial charge on any atom is 0.254 e. The summed E-state index contributed by atoms with van der Waals surface area (Å²) in [4.78, 5) is 17.1. The number of carbonyl (C=O) groups excluding carboxylic acids is 1. The summed E-state index contributed by atoms with van der Waals surface area (Å²) in [5, 5.41) is 0. The van der Waals surface area contributed by atoms with Crippen molar-refractivity contribution in [2.75, 3.05) is 45.5 Å². The summed E-state index contributed by atoms with van der Waals surface area (Å²) < 4.78 is 25.4. The largest absolute Gasteiger partial charge is 0.336 e. The zero-order valence-corrected chi connectivity index (χ0v) is 16.8. The van der Waals surface area contributed by atoms with Crippen molar-refractivity contribution in [1.82, 2.24) is 14.1 Å². The predicted molar refractivity (Wildman–Crippen MR) is 103 cm³/mol. The van der Waals surface area contributed by atoms with Crippen molar-refractivity contribution in [2.45, 2.75) is 32.2 Å². The van der Waals surface area contributed by atoms with Gasteiger partial charge in [-0.05, 0) is 31.4 Å². The van der Waals surface area contributed by atoms with Crippen molar-refractivity contribution in [3.8, 4) is 0 Å². The molecule has 0 radical (unpaired) electrons. The Morgan fingerprint density at radius 2 is 1.77 bits per heavy atom. The molecule has 1 aromatic rings. The van der Waals surface area contributed by atoms with Crippen molar-refractivity contribution < 1.29 is 13.2 Å². The Labute approximate surface area is 156 Å². The van der Waals surface area contributed by atoms with E-state index in [1.807, 2.05) is 36.1 Å². The van der Waals surface area contributed by atoms with Crippen LogP contribution < -0.4 is 0 Å². The summed E-state index contributed by atoms with van der Waals surface area (Å²) in [5.41, 5.74) is 1.68. The maximum absolute atomic E-state index is 12.8. The lowest BCUT2D eigenvalue weighted by atomic mass is 9.92. The molecular weight excluding hydrogens is 350 g/mol. The predicted octanol–water partition coefficient (Wildman–Crippen LogP) is 1.57. The van der Waals surface area contributed by atoms with E-state index in [0.717, 1.165) is 37.1 Å². The van der Waals surface area contributed by atoms with E-state index in [9.17, 15) is 13.2 Å². The van der Waals surface area contributed by atoms with Crippen molar-refractivity contribution >= 4 is 15.9 Å². The van der Waals surface area contributed by atoms with Gasteiger partial charge in [-0.3, -0.25) is 9.69 Å². The van der Waals surface area contributed by atoms with Crippen molar-refractivity contribution in [3.63, 3.8) is 0 Å². The summed E-state index contributed by atoms with van der Waals surface area (Å²) in [6, 6.07) is 7.70. The van der Waals surface area contributed by atoms with Crippen LogP contribution in [0.3, 0.4) is 0 Å². The van der Waals surface area contributed by atoms with E-state index in [0.29, 0.717) is 26.2 Å². The molecule has 26 heavy (non-hydrogen) atoms. The Bertz CT molecular complexity index is 772. The first-order chi connectivity index (χ1) is 12.3. The van der Waals surface area contributed by atoms with Crippen LogP contribution in [0.2, 0.25) is 0 Å². The molecule has 6 nitrogen and oxygen atoms in total. The molecule has 2 saturated heterocycles. The second kappa shape index (κ2) is 7.29. The molecule has 1 atom stereocenters. The molecule has 1 aromatic carbocycles. The highest BCUT2D eigenvalue weighted by Gasteiger charge is 2.45. The fraction of sp³-hybridized carbons (Fsp3) is 0.632. The van der Waals surface area contributed by atoms with Crippen molar-refractivity contribution in [2.24, 2.45) is 0 Å². The minimum Gasteiger partial charge on any atom is -0.336 e. The Kier molecular flexibility index (Phi) is 5.42. The summed E-state index contributed by atoms with van der Waals surface area (Å²) in [6.45, 7) is 8.22. The third-order valence-corrected chi connectivity index (χ3v) is 7.29. The van der Waals surface area contributed by atoms with Gasteiger partial charge in [0.15, 0.2) is 0 Å². The Morgan fingerprint density at radius 1 is 1.12 bits per heavy atom. The second-order valence-corrected chi connectivity index (χ2v) is 9.50. The van der Waals surface area contributed by atoms with E-state index in [-0.39, 0.29) is 11.4 Å². The first-order valence-corrected chi connectivity index (χ1v) is 11.2. The number of hydrogen-bond donors (Lipinski definition) is 0. The van der Waals surface area contributed by atoms with Gasteiger partial charge in [-0.2, -0.15) is 0 Å². The number of rotatable bonds is 4. The normalized spacial score (nSPS) is 25.6.